The highest BCUT2D eigenvalue weighted by molar-refractivity contribution is 7.90. The first kappa shape index (κ1) is 14.3. The predicted octanol–water partition coefficient (Wildman–Crippen LogP) is 3.47. The third-order valence-electron chi connectivity index (χ3n) is 3.41. The molecule has 0 saturated carbocycles. The fourth-order valence-electron chi connectivity index (χ4n) is 2.19. The van der Waals surface area contributed by atoms with Crippen molar-refractivity contribution < 1.29 is 8.42 Å². The minimum Gasteiger partial charge on any atom is -0.237 e. The zero-order chi connectivity index (χ0) is 15.7. The Morgan fingerprint density at radius 3 is 2.59 bits per heavy atom. The molecule has 4 nitrogen and oxygen atoms in total. The molecule has 1 aromatic carbocycles. The van der Waals surface area contributed by atoms with Gasteiger partial charge in [0.15, 0.2) is 5.65 Å². The molecule has 0 spiro atoms. The standard InChI is InChI=1S/C17H14N2O2S/c1-3-13(2)15-11-14-9-10-19(17(14)18-12-15)22(20,21)16-7-5-4-6-8-16/h3-12H,1-2H2. The van der Waals surface area contributed by atoms with Crippen LogP contribution in [0.15, 0.2) is 79.0 Å². The lowest BCUT2D eigenvalue weighted by Crippen LogP contribution is -2.12. The molecule has 22 heavy (non-hydrogen) atoms. The van der Waals surface area contributed by atoms with Crippen LogP contribution < -0.4 is 0 Å². The molecule has 0 radical (unpaired) electrons. The van der Waals surface area contributed by atoms with E-state index in [0.29, 0.717) is 5.65 Å². The number of rotatable bonds is 4. The van der Waals surface area contributed by atoms with Crippen molar-refractivity contribution in [3.05, 3.63) is 79.7 Å². The molecule has 0 N–H and O–H groups in total. The first-order valence-corrected chi connectivity index (χ1v) is 8.07. The quantitative estimate of drug-likeness (QED) is 0.693. The highest BCUT2D eigenvalue weighted by Gasteiger charge is 2.19. The van der Waals surface area contributed by atoms with Crippen LogP contribution >= 0.6 is 0 Å². The fourth-order valence-corrected chi connectivity index (χ4v) is 3.52. The Kier molecular flexibility index (Phi) is 3.42. The summed E-state index contributed by atoms with van der Waals surface area (Å²) in [4.78, 5) is 4.51. The van der Waals surface area contributed by atoms with E-state index in [1.54, 1.807) is 48.7 Å². The molecular weight excluding hydrogens is 296 g/mol. The molecule has 3 rings (SSSR count). The number of allylic oxidation sites excluding steroid dienone is 2. The Hall–Kier alpha value is -2.66. The number of fused-ring (bicyclic) bond motifs is 1. The van der Waals surface area contributed by atoms with Crippen LogP contribution in [-0.2, 0) is 10.0 Å². The molecule has 5 heteroatoms. The Morgan fingerprint density at radius 1 is 1.18 bits per heavy atom. The van der Waals surface area contributed by atoms with Crippen LogP contribution in [0.3, 0.4) is 0 Å². The lowest BCUT2D eigenvalue weighted by atomic mass is 10.1. The van der Waals surface area contributed by atoms with Gasteiger partial charge in [-0.3, -0.25) is 0 Å². The zero-order valence-corrected chi connectivity index (χ0v) is 12.6. The molecule has 0 fully saturated rings. The van der Waals surface area contributed by atoms with Crippen LogP contribution in [0.25, 0.3) is 16.6 Å². The van der Waals surface area contributed by atoms with Gasteiger partial charge >= 0.3 is 0 Å². The maximum Gasteiger partial charge on any atom is 0.269 e. The third-order valence-corrected chi connectivity index (χ3v) is 5.09. The van der Waals surface area contributed by atoms with Crippen molar-refractivity contribution in [1.29, 1.82) is 0 Å². The van der Waals surface area contributed by atoms with Crippen molar-refractivity contribution in [1.82, 2.24) is 8.96 Å². The summed E-state index contributed by atoms with van der Waals surface area (Å²) in [5, 5.41) is 0.736. The summed E-state index contributed by atoms with van der Waals surface area (Å²) >= 11 is 0. The lowest BCUT2D eigenvalue weighted by Gasteiger charge is -2.07. The largest absolute Gasteiger partial charge is 0.269 e. The number of aromatic nitrogens is 2. The summed E-state index contributed by atoms with van der Waals surface area (Å²) in [6.07, 6.45) is 4.75. The molecule has 0 aliphatic heterocycles. The average Bonchev–Trinajstić information content (AvgIpc) is 2.98. The van der Waals surface area contributed by atoms with Gasteiger partial charge in [-0.1, -0.05) is 37.4 Å². The van der Waals surface area contributed by atoms with Crippen molar-refractivity contribution >= 4 is 26.6 Å². The maximum absolute atomic E-state index is 12.7. The van der Waals surface area contributed by atoms with Gasteiger partial charge in [-0.25, -0.2) is 17.4 Å². The first-order chi connectivity index (χ1) is 10.5. The highest BCUT2D eigenvalue weighted by Crippen LogP contribution is 2.23. The second-order valence-electron chi connectivity index (χ2n) is 4.80. The second-order valence-corrected chi connectivity index (χ2v) is 6.61. The number of hydrogen-bond donors (Lipinski definition) is 0. The van der Waals surface area contributed by atoms with Gasteiger partial charge in [0, 0.05) is 23.3 Å². The van der Waals surface area contributed by atoms with Crippen molar-refractivity contribution in [3.8, 4) is 0 Å². The first-order valence-electron chi connectivity index (χ1n) is 6.63. The van der Waals surface area contributed by atoms with Crippen molar-refractivity contribution in [2.75, 3.05) is 0 Å². The van der Waals surface area contributed by atoms with E-state index in [0.717, 1.165) is 16.5 Å². The summed E-state index contributed by atoms with van der Waals surface area (Å²) in [6.45, 7) is 7.54. The van der Waals surface area contributed by atoms with Crippen LogP contribution in [0.5, 0.6) is 0 Å². The summed E-state index contributed by atoms with van der Waals surface area (Å²) in [7, 11) is -3.65. The Labute approximate surface area is 129 Å². The van der Waals surface area contributed by atoms with E-state index in [1.807, 2.05) is 6.07 Å². The number of pyridine rings is 1. The Bertz CT molecular complexity index is 970. The molecule has 0 amide bonds. The van der Waals surface area contributed by atoms with E-state index >= 15 is 0 Å². The Morgan fingerprint density at radius 2 is 1.91 bits per heavy atom. The van der Waals surface area contributed by atoms with E-state index in [9.17, 15) is 8.42 Å². The van der Waals surface area contributed by atoms with Crippen LogP contribution in [-0.4, -0.2) is 17.4 Å². The van der Waals surface area contributed by atoms with Gasteiger partial charge in [-0.15, -0.1) is 0 Å². The molecule has 0 aliphatic rings. The van der Waals surface area contributed by atoms with E-state index < -0.39 is 10.0 Å². The van der Waals surface area contributed by atoms with Crippen molar-refractivity contribution in [3.63, 3.8) is 0 Å². The van der Waals surface area contributed by atoms with Gasteiger partial charge in [0.2, 0.25) is 0 Å². The summed E-state index contributed by atoms with van der Waals surface area (Å²) in [5.41, 5.74) is 1.95. The summed E-state index contributed by atoms with van der Waals surface area (Å²) in [5.74, 6) is 0. The second kappa shape index (κ2) is 5.27. The molecule has 2 aromatic heterocycles. The van der Waals surface area contributed by atoms with Crippen LogP contribution in [0.1, 0.15) is 5.56 Å². The summed E-state index contributed by atoms with van der Waals surface area (Å²) in [6, 6.07) is 11.9. The maximum atomic E-state index is 12.7. The molecule has 0 aliphatic carbocycles. The van der Waals surface area contributed by atoms with Gasteiger partial charge in [0.05, 0.1) is 4.90 Å². The summed E-state index contributed by atoms with van der Waals surface area (Å²) < 4.78 is 26.5. The molecule has 2 heterocycles. The highest BCUT2D eigenvalue weighted by atomic mass is 32.2. The van der Waals surface area contributed by atoms with Crippen LogP contribution in [0, 0.1) is 0 Å². The zero-order valence-electron chi connectivity index (χ0n) is 11.8. The monoisotopic (exact) mass is 310 g/mol. The van der Waals surface area contributed by atoms with Crippen LogP contribution in [0.2, 0.25) is 0 Å². The molecule has 0 atom stereocenters. The fraction of sp³-hybridized carbons (Fsp3) is 0. The predicted molar refractivity (Wildman–Crippen MR) is 88.0 cm³/mol. The minimum atomic E-state index is -3.65. The van der Waals surface area contributed by atoms with E-state index in [-0.39, 0.29) is 4.90 Å². The Balaban J connectivity index is 2.17. The molecule has 110 valence electrons. The molecule has 0 saturated heterocycles. The average molecular weight is 310 g/mol. The molecule has 0 bridgehead atoms. The van der Waals surface area contributed by atoms with Crippen molar-refractivity contribution in [2.45, 2.75) is 4.90 Å². The number of nitrogens with zero attached hydrogens (tertiary/aromatic N) is 2. The van der Waals surface area contributed by atoms with Gasteiger partial charge in [0.1, 0.15) is 0 Å². The normalized spacial score (nSPS) is 11.5. The number of hydrogen-bond acceptors (Lipinski definition) is 3. The SMILES string of the molecule is C=CC(=C)c1cnc2c(ccn2S(=O)(=O)c2ccccc2)c1. The van der Waals surface area contributed by atoms with E-state index in [2.05, 4.69) is 18.1 Å². The molecule has 3 aromatic rings. The van der Waals surface area contributed by atoms with E-state index in [4.69, 9.17) is 0 Å². The smallest absolute Gasteiger partial charge is 0.237 e. The topological polar surface area (TPSA) is 52.0 Å². The molecule has 0 unspecified atom stereocenters. The molecular formula is C17H14N2O2S. The van der Waals surface area contributed by atoms with Gasteiger partial charge in [-0.05, 0) is 29.8 Å². The van der Waals surface area contributed by atoms with Gasteiger partial charge in [-0.2, -0.15) is 0 Å². The minimum absolute atomic E-state index is 0.230. The lowest BCUT2D eigenvalue weighted by molar-refractivity contribution is 0.589. The number of benzene rings is 1. The van der Waals surface area contributed by atoms with Gasteiger partial charge in [0.25, 0.3) is 10.0 Å². The van der Waals surface area contributed by atoms with Gasteiger partial charge < -0.3 is 0 Å². The van der Waals surface area contributed by atoms with Crippen molar-refractivity contribution in [2.24, 2.45) is 0 Å². The van der Waals surface area contributed by atoms with Crippen LogP contribution in [0.4, 0.5) is 0 Å². The third kappa shape index (κ3) is 2.25. The van der Waals surface area contributed by atoms with E-state index in [1.165, 1.54) is 10.2 Å².